The monoisotopic (exact) mass is 1310 g/mol. The average molecular weight is 1310 g/mol. The summed E-state index contributed by atoms with van der Waals surface area (Å²) in [5, 5.41) is 17.1. The smallest absolute Gasteiger partial charge is 0.160 e. The summed E-state index contributed by atoms with van der Waals surface area (Å²) in [6.07, 6.45) is 0.674. The van der Waals surface area contributed by atoms with Gasteiger partial charge >= 0.3 is 0 Å². The molecule has 12 nitrogen and oxygen atoms in total. The molecule has 4 saturated heterocycles. The van der Waals surface area contributed by atoms with Crippen molar-refractivity contribution < 1.29 is 56.8 Å². The predicted molar refractivity (Wildman–Crippen MR) is 349 cm³/mol. The quantitative estimate of drug-likeness (QED) is 0.0267. The molecule has 20 heteroatoms. The highest BCUT2D eigenvalue weighted by Crippen LogP contribution is 2.45. The van der Waals surface area contributed by atoms with Gasteiger partial charge in [-0.15, -0.1) is 47.0 Å². The van der Waals surface area contributed by atoms with E-state index in [0.717, 1.165) is 101 Å². The summed E-state index contributed by atoms with van der Waals surface area (Å²) >= 11 is 13.9. The SMILES string of the molecule is c1cc(SCC(COc2ccc(C(c3ccc(OCC(CSc4ccsc4)OCC4CO4)cc3)C(c3ccc(OCC(CSc4ccsc4)OCC4CO4)cc3)c3ccc(OCC(CSc4ccsc4)OC4CCO4)cc3)cc2)OCC2CO2)cs1. The van der Waals surface area contributed by atoms with Crippen LogP contribution in [0.15, 0.2) is 184 Å². The van der Waals surface area contributed by atoms with Crippen LogP contribution >= 0.6 is 92.4 Å². The molecule has 86 heavy (non-hydrogen) atoms. The van der Waals surface area contributed by atoms with Gasteiger partial charge < -0.3 is 56.8 Å². The third-order valence-corrected chi connectivity index (χ3v) is 22.4. The van der Waals surface area contributed by atoms with Gasteiger partial charge in [0.05, 0.1) is 46.2 Å². The van der Waals surface area contributed by atoms with Crippen LogP contribution in [-0.4, -0.2) is 145 Å². The zero-order valence-electron chi connectivity index (χ0n) is 47.4. The molecule has 4 aromatic carbocycles. The lowest BCUT2D eigenvalue weighted by Crippen LogP contribution is -2.37. The van der Waals surface area contributed by atoms with Gasteiger partial charge in [-0.2, -0.15) is 45.3 Å². The maximum atomic E-state index is 6.56. The molecule has 0 spiro atoms. The molecule has 0 saturated carbocycles. The van der Waals surface area contributed by atoms with Gasteiger partial charge in [-0.1, -0.05) is 48.5 Å². The Kier molecular flexibility index (Phi) is 23.6. The van der Waals surface area contributed by atoms with Gasteiger partial charge in [0, 0.05) is 82.4 Å². The van der Waals surface area contributed by atoms with Crippen LogP contribution < -0.4 is 18.9 Å². The summed E-state index contributed by atoms with van der Waals surface area (Å²) in [6, 6.07) is 42.9. The maximum Gasteiger partial charge on any atom is 0.160 e. The van der Waals surface area contributed by atoms with Crippen LogP contribution in [0.1, 0.15) is 40.5 Å². The van der Waals surface area contributed by atoms with Crippen molar-refractivity contribution in [3.8, 4) is 23.0 Å². The Balaban J connectivity index is 0.818. The number of benzene rings is 4. The molecule has 0 bridgehead atoms. The lowest BCUT2D eigenvalue weighted by Gasteiger charge is -2.31. The fourth-order valence-electron chi connectivity index (χ4n) is 9.41. The second-order valence-electron chi connectivity index (χ2n) is 21.1. The van der Waals surface area contributed by atoms with E-state index in [1.165, 1.54) is 19.6 Å². The first-order valence-corrected chi connectivity index (χ1v) is 36.7. The van der Waals surface area contributed by atoms with Gasteiger partial charge in [-0.25, -0.2) is 0 Å². The summed E-state index contributed by atoms with van der Waals surface area (Å²) in [6.45, 7) is 6.26. The molecule has 4 aliphatic heterocycles. The molecule has 4 aromatic heterocycles. The second kappa shape index (κ2) is 32.6. The molecule has 0 aliphatic carbocycles. The van der Waals surface area contributed by atoms with E-state index >= 15 is 0 Å². The summed E-state index contributed by atoms with van der Waals surface area (Å²) in [5.41, 5.74) is 4.47. The van der Waals surface area contributed by atoms with Crippen LogP contribution in [0.3, 0.4) is 0 Å². The Morgan fingerprint density at radius 3 is 0.895 bits per heavy atom. The van der Waals surface area contributed by atoms with E-state index < -0.39 is 0 Å². The van der Waals surface area contributed by atoms with E-state index in [1.54, 1.807) is 92.4 Å². The fourth-order valence-corrected chi connectivity index (χ4v) is 16.5. The van der Waals surface area contributed by atoms with Crippen LogP contribution in [0.2, 0.25) is 0 Å². The molecule has 4 aliphatic rings. The number of rotatable bonds is 40. The minimum absolute atomic E-state index is 0.115. The van der Waals surface area contributed by atoms with Crippen LogP contribution in [0.4, 0.5) is 0 Å². The van der Waals surface area contributed by atoms with Crippen molar-refractivity contribution in [2.45, 2.75) is 86.9 Å². The number of ether oxygens (including phenoxy) is 12. The first kappa shape index (κ1) is 62.2. The molecule has 4 fully saturated rings. The molecule has 9 atom stereocenters. The van der Waals surface area contributed by atoms with Gasteiger partial charge in [0.25, 0.3) is 0 Å². The number of epoxide rings is 3. The number of thioether (sulfide) groups is 4. The molecular formula is C66H70O12S8. The first-order chi connectivity index (χ1) is 42.5. The van der Waals surface area contributed by atoms with Gasteiger partial charge in [0.15, 0.2) is 6.29 Å². The lowest BCUT2D eigenvalue weighted by atomic mass is 9.73. The molecule has 12 rings (SSSR count). The minimum Gasteiger partial charge on any atom is -0.491 e. The Morgan fingerprint density at radius 2 is 0.651 bits per heavy atom. The molecular weight excluding hydrogens is 1240 g/mol. The van der Waals surface area contributed by atoms with Crippen LogP contribution in [0.25, 0.3) is 0 Å². The molecule has 8 aromatic rings. The number of hydrogen-bond donors (Lipinski definition) is 0. The van der Waals surface area contributed by atoms with E-state index in [-0.39, 0.29) is 60.9 Å². The van der Waals surface area contributed by atoms with E-state index in [9.17, 15) is 0 Å². The topological polar surface area (TPSA) is 121 Å². The zero-order valence-corrected chi connectivity index (χ0v) is 53.9. The lowest BCUT2D eigenvalue weighted by molar-refractivity contribution is -0.235. The summed E-state index contributed by atoms with van der Waals surface area (Å²) in [7, 11) is 0. The molecule has 454 valence electrons. The molecule has 0 radical (unpaired) electrons. The molecule has 0 amide bonds. The highest BCUT2D eigenvalue weighted by Gasteiger charge is 2.32. The van der Waals surface area contributed by atoms with Crippen LogP contribution in [0, 0.1) is 0 Å². The Morgan fingerprint density at radius 1 is 0.372 bits per heavy atom. The third-order valence-electron chi connectivity index (χ3n) is 14.5. The molecule has 8 heterocycles. The molecule has 0 N–H and O–H groups in total. The van der Waals surface area contributed by atoms with E-state index in [1.807, 2.05) is 0 Å². The maximum absolute atomic E-state index is 6.56. The van der Waals surface area contributed by atoms with Gasteiger partial charge in [-0.05, 0) is 117 Å². The van der Waals surface area contributed by atoms with Crippen LogP contribution in [0.5, 0.6) is 23.0 Å². The zero-order chi connectivity index (χ0) is 58.0. The van der Waals surface area contributed by atoms with Gasteiger partial charge in [0.2, 0.25) is 0 Å². The normalized spacial score (nSPS) is 19.8. The molecule has 9 unspecified atom stereocenters. The van der Waals surface area contributed by atoms with E-state index in [2.05, 4.69) is 164 Å². The number of hydrogen-bond acceptors (Lipinski definition) is 20. The van der Waals surface area contributed by atoms with E-state index in [0.29, 0.717) is 46.2 Å². The highest BCUT2D eigenvalue weighted by atomic mass is 32.2. The standard InChI is InChI=1S/C66H70O12S8/c1-9-49(68-33-56(75-30-53-27-72-53)37-83-60-18-23-79-41-60)10-2-45(1)65(46-3-11-50(12-4-46)69-34-57(76-31-54-28-73-54)38-84-61-19-24-80-42-61)66(47-5-13-51(14-6-47)70-35-58(77-32-55-29-74-55)39-85-62-20-25-81-43-62)48-7-15-52(16-8-48)71-36-59(78-64-17-22-67-64)40-86-63-21-26-82-44-63/h1-16,18-21,23-26,41-44,53-59,64-66H,17,22,27-40H2. The highest BCUT2D eigenvalue weighted by molar-refractivity contribution is 8.00. The number of thiophene rings is 4. The second-order valence-corrected chi connectivity index (χ2v) is 28.6. The average Bonchev–Trinajstić information content (AvgIpc) is 2.43. The van der Waals surface area contributed by atoms with Crippen molar-refractivity contribution in [1.29, 1.82) is 0 Å². The van der Waals surface area contributed by atoms with Crippen molar-refractivity contribution in [1.82, 2.24) is 0 Å². The van der Waals surface area contributed by atoms with Gasteiger partial charge in [-0.3, -0.25) is 0 Å². The van der Waals surface area contributed by atoms with Crippen LogP contribution in [-0.2, 0) is 37.9 Å². The fraction of sp³-hybridized carbons (Fsp3) is 0.394. The van der Waals surface area contributed by atoms with Crippen molar-refractivity contribution in [3.05, 3.63) is 187 Å². The van der Waals surface area contributed by atoms with Crippen molar-refractivity contribution in [3.63, 3.8) is 0 Å². The summed E-state index contributed by atoms with van der Waals surface area (Å²) in [5.74, 6) is 5.81. The summed E-state index contributed by atoms with van der Waals surface area (Å²) in [4.78, 5) is 4.93. The van der Waals surface area contributed by atoms with Crippen molar-refractivity contribution in [2.24, 2.45) is 0 Å². The van der Waals surface area contributed by atoms with E-state index in [4.69, 9.17) is 56.8 Å². The van der Waals surface area contributed by atoms with Crippen molar-refractivity contribution in [2.75, 3.05) is 95.7 Å². The largest absolute Gasteiger partial charge is 0.491 e. The Labute approximate surface area is 537 Å². The third kappa shape index (κ3) is 20.0. The Hall–Kier alpha value is -4.04. The van der Waals surface area contributed by atoms with Gasteiger partial charge in [0.1, 0.15) is 92.2 Å². The Bertz CT molecular complexity index is 3030. The van der Waals surface area contributed by atoms with Crippen molar-refractivity contribution >= 4 is 92.4 Å². The first-order valence-electron chi connectivity index (χ1n) is 29.0. The minimum atomic E-state index is -0.199. The summed E-state index contributed by atoms with van der Waals surface area (Å²) < 4.78 is 73.9. The predicted octanol–water partition coefficient (Wildman–Crippen LogP) is 15.1.